The number of hydrogen-bond donors (Lipinski definition) is 1. The van der Waals surface area contributed by atoms with E-state index >= 15 is 0 Å². The van der Waals surface area contributed by atoms with Gasteiger partial charge in [0.15, 0.2) is 0 Å². The van der Waals surface area contributed by atoms with Crippen molar-refractivity contribution in [1.82, 2.24) is 25.4 Å². The summed E-state index contributed by atoms with van der Waals surface area (Å²) < 4.78 is 5.12. The zero-order valence-electron chi connectivity index (χ0n) is 9.97. The molecule has 0 radical (unpaired) electrons. The summed E-state index contributed by atoms with van der Waals surface area (Å²) in [5, 5.41) is 7.09. The van der Waals surface area contributed by atoms with Gasteiger partial charge in [0.1, 0.15) is 11.5 Å². The van der Waals surface area contributed by atoms with Crippen LogP contribution in [0.1, 0.15) is 25.1 Å². The van der Waals surface area contributed by atoms with Crippen LogP contribution in [0.3, 0.4) is 0 Å². The fourth-order valence-corrected chi connectivity index (χ4v) is 1.38. The van der Waals surface area contributed by atoms with E-state index in [1.807, 2.05) is 6.92 Å². The van der Waals surface area contributed by atoms with Gasteiger partial charge >= 0.3 is 0 Å². The molecular formula is C11H15N5O. The molecule has 0 aromatic carbocycles. The summed E-state index contributed by atoms with van der Waals surface area (Å²) in [5.41, 5.74) is 0.683. The second-order valence-corrected chi connectivity index (χ2v) is 3.68. The Kier molecular flexibility index (Phi) is 3.77. The highest BCUT2D eigenvalue weighted by Gasteiger charge is 2.09. The normalized spacial score (nSPS) is 10.7. The summed E-state index contributed by atoms with van der Waals surface area (Å²) in [6.45, 7) is 5.46. The Hall–Kier alpha value is -1.82. The van der Waals surface area contributed by atoms with Gasteiger partial charge in [0.25, 0.3) is 0 Å². The van der Waals surface area contributed by atoms with E-state index in [4.69, 9.17) is 4.52 Å². The maximum absolute atomic E-state index is 5.12. The Morgan fingerprint density at radius 2 is 2.24 bits per heavy atom. The molecule has 0 aliphatic carbocycles. The predicted octanol–water partition coefficient (Wildman–Crippen LogP) is 1.33. The molecule has 0 fully saturated rings. The summed E-state index contributed by atoms with van der Waals surface area (Å²) in [4.78, 5) is 12.5. The van der Waals surface area contributed by atoms with Gasteiger partial charge < -0.3 is 9.84 Å². The number of nitrogens with zero attached hydrogens (tertiary/aromatic N) is 4. The SMILES string of the molecule is CCCNCc1nc(-c2ccnc(C)n2)no1. The highest BCUT2D eigenvalue weighted by Crippen LogP contribution is 2.11. The van der Waals surface area contributed by atoms with E-state index in [1.54, 1.807) is 12.3 Å². The molecule has 90 valence electrons. The topological polar surface area (TPSA) is 76.7 Å². The Balaban J connectivity index is 2.07. The van der Waals surface area contributed by atoms with Crippen LogP contribution >= 0.6 is 0 Å². The van der Waals surface area contributed by atoms with Crippen LogP contribution in [0.5, 0.6) is 0 Å². The predicted molar refractivity (Wildman–Crippen MR) is 62.1 cm³/mol. The first-order valence-electron chi connectivity index (χ1n) is 5.63. The van der Waals surface area contributed by atoms with Crippen LogP contribution in [0.4, 0.5) is 0 Å². The zero-order chi connectivity index (χ0) is 12.1. The average Bonchev–Trinajstić information content (AvgIpc) is 2.78. The van der Waals surface area contributed by atoms with Gasteiger partial charge in [-0.3, -0.25) is 0 Å². The fraction of sp³-hybridized carbons (Fsp3) is 0.455. The van der Waals surface area contributed by atoms with Crippen molar-refractivity contribution < 1.29 is 4.52 Å². The molecule has 17 heavy (non-hydrogen) atoms. The Morgan fingerprint density at radius 1 is 1.35 bits per heavy atom. The molecule has 1 N–H and O–H groups in total. The molecule has 2 aromatic rings. The monoisotopic (exact) mass is 233 g/mol. The fourth-order valence-electron chi connectivity index (χ4n) is 1.38. The summed E-state index contributed by atoms with van der Waals surface area (Å²) in [7, 11) is 0. The van der Waals surface area contributed by atoms with Crippen molar-refractivity contribution in [2.45, 2.75) is 26.8 Å². The minimum absolute atomic E-state index is 0.504. The first-order chi connectivity index (χ1) is 8.29. The molecule has 0 bridgehead atoms. The van der Waals surface area contributed by atoms with E-state index in [-0.39, 0.29) is 0 Å². The smallest absolute Gasteiger partial charge is 0.240 e. The van der Waals surface area contributed by atoms with Crippen LogP contribution in [0, 0.1) is 6.92 Å². The lowest BCUT2D eigenvalue weighted by molar-refractivity contribution is 0.368. The number of rotatable bonds is 5. The molecule has 0 atom stereocenters. The highest BCUT2D eigenvalue weighted by atomic mass is 16.5. The zero-order valence-corrected chi connectivity index (χ0v) is 9.97. The van der Waals surface area contributed by atoms with Gasteiger partial charge in [-0.1, -0.05) is 12.1 Å². The van der Waals surface area contributed by atoms with E-state index in [9.17, 15) is 0 Å². The maximum atomic E-state index is 5.12. The molecule has 0 unspecified atom stereocenters. The molecule has 2 aromatic heterocycles. The molecule has 2 rings (SSSR count). The Labute approximate surface area is 99.5 Å². The molecule has 0 saturated heterocycles. The third-order valence-electron chi connectivity index (χ3n) is 2.18. The van der Waals surface area contributed by atoms with Crippen molar-refractivity contribution in [3.63, 3.8) is 0 Å². The summed E-state index contributed by atoms with van der Waals surface area (Å²) in [6.07, 6.45) is 2.76. The number of nitrogens with one attached hydrogen (secondary N) is 1. The van der Waals surface area contributed by atoms with Crippen molar-refractivity contribution in [3.05, 3.63) is 24.0 Å². The van der Waals surface area contributed by atoms with Gasteiger partial charge in [-0.25, -0.2) is 9.97 Å². The summed E-state index contributed by atoms with van der Waals surface area (Å²) in [5.74, 6) is 1.77. The van der Waals surface area contributed by atoms with E-state index in [2.05, 4.69) is 32.3 Å². The lowest BCUT2D eigenvalue weighted by Crippen LogP contribution is -2.13. The van der Waals surface area contributed by atoms with Crippen LogP contribution in [-0.2, 0) is 6.54 Å². The minimum Gasteiger partial charge on any atom is -0.337 e. The van der Waals surface area contributed by atoms with E-state index in [0.29, 0.717) is 29.8 Å². The van der Waals surface area contributed by atoms with E-state index < -0.39 is 0 Å². The van der Waals surface area contributed by atoms with Crippen molar-refractivity contribution in [2.75, 3.05) is 6.54 Å². The quantitative estimate of drug-likeness (QED) is 0.785. The van der Waals surface area contributed by atoms with Crippen LogP contribution in [0.15, 0.2) is 16.8 Å². The lowest BCUT2D eigenvalue weighted by Gasteiger charge is -1.96. The first kappa shape index (κ1) is 11.7. The van der Waals surface area contributed by atoms with Gasteiger partial charge in [-0.15, -0.1) is 0 Å². The number of aromatic nitrogens is 4. The summed E-state index contributed by atoms with van der Waals surface area (Å²) in [6, 6.07) is 1.76. The van der Waals surface area contributed by atoms with Gasteiger partial charge in [0.05, 0.1) is 6.54 Å². The van der Waals surface area contributed by atoms with Crippen LogP contribution in [0.25, 0.3) is 11.5 Å². The number of aryl methyl sites for hydroxylation is 1. The molecule has 0 saturated carbocycles. The molecule has 6 heteroatoms. The van der Waals surface area contributed by atoms with Gasteiger partial charge in [0.2, 0.25) is 11.7 Å². The first-order valence-corrected chi connectivity index (χ1v) is 5.63. The average molecular weight is 233 g/mol. The maximum Gasteiger partial charge on any atom is 0.240 e. The second-order valence-electron chi connectivity index (χ2n) is 3.68. The van der Waals surface area contributed by atoms with Crippen molar-refractivity contribution in [2.24, 2.45) is 0 Å². The molecular weight excluding hydrogens is 218 g/mol. The molecule has 0 amide bonds. The third-order valence-corrected chi connectivity index (χ3v) is 2.18. The molecule has 6 nitrogen and oxygen atoms in total. The molecule has 2 heterocycles. The largest absolute Gasteiger partial charge is 0.337 e. The Morgan fingerprint density at radius 3 is 3.00 bits per heavy atom. The second kappa shape index (κ2) is 5.49. The van der Waals surface area contributed by atoms with Crippen LogP contribution < -0.4 is 5.32 Å². The van der Waals surface area contributed by atoms with Gasteiger partial charge in [-0.05, 0) is 26.0 Å². The van der Waals surface area contributed by atoms with Crippen molar-refractivity contribution >= 4 is 0 Å². The van der Waals surface area contributed by atoms with E-state index in [0.717, 1.165) is 13.0 Å². The molecule has 0 spiro atoms. The van der Waals surface area contributed by atoms with Crippen LogP contribution in [-0.4, -0.2) is 26.7 Å². The van der Waals surface area contributed by atoms with Crippen LogP contribution in [0.2, 0.25) is 0 Å². The van der Waals surface area contributed by atoms with Crippen molar-refractivity contribution in [3.8, 4) is 11.5 Å². The minimum atomic E-state index is 0.504. The summed E-state index contributed by atoms with van der Waals surface area (Å²) >= 11 is 0. The van der Waals surface area contributed by atoms with E-state index in [1.165, 1.54) is 0 Å². The standard InChI is InChI=1S/C11H15N5O/c1-3-5-12-7-10-15-11(16-17-10)9-4-6-13-8(2)14-9/h4,6,12H,3,5,7H2,1-2H3. The van der Waals surface area contributed by atoms with Gasteiger partial charge in [0, 0.05) is 6.20 Å². The highest BCUT2D eigenvalue weighted by molar-refractivity contribution is 5.46. The van der Waals surface area contributed by atoms with Crippen molar-refractivity contribution in [1.29, 1.82) is 0 Å². The Bertz CT molecular complexity index is 482. The lowest BCUT2D eigenvalue weighted by atomic mass is 10.4. The molecule has 0 aliphatic rings. The third kappa shape index (κ3) is 3.07. The molecule has 0 aliphatic heterocycles. The van der Waals surface area contributed by atoms with Gasteiger partial charge in [-0.2, -0.15) is 4.98 Å². The number of hydrogen-bond acceptors (Lipinski definition) is 6.